The fourth-order valence-electron chi connectivity index (χ4n) is 2.07. The molecule has 2 N–H and O–H groups in total. The second-order valence-electron chi connectivity index (χ2n) is 4.41. The summed E-state index contributed by atoms with van der Waals surface area (Å²) in [5, 5.41) is 0. The summed E-state index contributed by atoms with van der Waals surface area (Å²) >= 11 is 3.21. The minimum atomic E-state index is -0.346. The molecule has 2 aromatic carbocycles. The van der Waals surface area contributed by atoms with E-state index >= 15 is 0 Å². The molecule has 0 aromatic heterocycles. The summed E-state index contributed by atoms with van der Waals surface area (Å²) in [6.45, 7) is 4.84. The van der Waals surface area contributed by atoms with Crippen molar-refractivity contribution in [3.05, 3.63) is 52.3 Å². The van der Waals surface area contributed by atoms with E-state index in [4.69, 9.17) is 5.73 Å². The average Bonchev–Trinajstić information content (AvgIpc) is 2.36. The molecular weight excluding hydrogens is 307 g/mol. The van der Waals surface area contributed by atoms with Gasteiger partial charge in [0.2, 0.25) is 0 Å². The van der Waals surface area contributed by atoms with Gasteiger partial charge in [-0.05, 0) is 53.5 Å². The molecule has 0 amide bonds. The molecule has 100 valence electrons. The lowest BCUT2D eigenvalue weighted by Gasteiger charge is -2.25. The molecule has 0 bridgehead atoms. The zero-order chi connectivity index (χ0) is 14.0. The quantitative estimate of drug-likeness (QED) is 0.834. The first-order chi connectivity index (χ1) is 9.02. The Bertz CT molecular complexity index is 599. The van der Waals surface area contributed by atoms with E-state index in [-0.39, 0.29) is 5.82 Å². The van der Waals surface area contributed by atoms with Crippen LogP contribution in [0.5, 0.6) is 0 Å². The van der Waals surface area contributed by atoms with E-state index in [2.05, 4.69) is 26.9 Å². The summed E-state index contributed by atoms with van der Waals surface area (Å²) in [6, 6.07) is 11.2. The molecule has 4 heteroatoms. The smallest absolute Gasteiger partial charge is 0.139 e. The SMILES string of the molecule is CCN(c1cccc(C)c1)c1cc(Br)c(F)cc1N. The van der Waals surface area contributed by atoms with Crippen molar-refractivity contribution in [2.24, 2.45) is 0 Å². The van der Waals surface area contributed by atoms with Gasteiger partial charge in [0.15, 0.2) is 0 Å². The molecule has 0 saturated heterocycles. The highest BCUT2D eigenvalue weighted by atomic mass is 79.9. The molecule has 0 saturated carbocycles. The molecule has 2 aromatic rings. The first-order valence-electron chi connectivity index (χ1n) is 6.11. The molecular formula is C15H16BrFN2. The Balaban J connectivity index is 2.51. The van der Waals surface area contributed by atoms with Crippen LogP contribution in [0.4, 0.5) is 21.5 Å². The number of anilines is 3. The van der Waals surface area contributed by atoms with Gasteiger partial charge in [-0.15, -0.1) is 0 Å². The first kappa shape index (κ1) is 13.9. The third kappa shape index (κ3) is 2.89. The summed E-state index contributed by atoms with van der Waals surface area (Å²) in [5.74, 6) is -0.346. The Kier molecular flexibility index (Phi) is 4.10. The zero-order valence-corrected chi connectivity index (χ0v) is 12.5. The molecule has 0 unspecified atom stereocenters. The van der Waals surface area contributed by atoms with Gasteiger partial charge in [0.05, 0.1) is 15.8 Å². The number of nitrogens with two attached hydrogens (primary N) is 1. The molecule has 2 rings (SSSR count). The van der Waals surface area contributed by atoms with Crippen molar-refractivity contribution in [2.45, 2.75) is 13.8 Å². The number of halogens is 2. The highest BCUT2D eigenvalue weighted by Gasteiger charge is 2.13. The van der Waals surface area contributed by atoms with Crippen LogP contribution in [0, 0.1) is 12.7 Å². The van der Waals surface area contributed by atoms with E-state index in [1.54, 1.807) is 6.07 Å². The lowest BCUT2D eigenvalue weighted by atomic mass is 10.1. The van der Waals surface area contributed by atoms with Crippen LogP contribution in [-0.4, -0.2) is 6.54 Å². The normalized spacial score (nSPS) is 10.5. The number of benzene rings is 2. The molecule has 0 radical (unpaired) electrons. The molecule has 0 atom stereocenters. The van der Waals surface area contributed by atoms with Gasteiger partial charge in [0.1, 0.15) is 5.82 Å². The van der Waals surface area contributed by atoms with Crippen LogP contribution in [0.2, 0.25) is 0 Å². The second kappa shape index (κ2) is 5.61. The van der Waals surface area contributed by atoms with Crippen molar-refractivity contribution in [3.8, 4) is 0 Å². The maximum absolute atomic E-state index is 13.4. The maximum Gasteiger partial charge on any atom is 0.139 e. The summed E-state index contributed by atoms with van der Waals surface area (Å²) < 4.78 is 13.9. The van der Waals surface area contributed by atoms with Crippen LogP contribution in [0.25, 0.3) is 0 Å². The Labute approximate surface area is 121 Å². The summed E-state index contributed by atoms with van der Waals surface area (Å²) in [6.07, 6.45) is 0. The number of nitrogens with zero attached hydrogens (tertiary/aromatic N) is 1. The van der Waals surface area contributed by atoms with E-state index in [0.29, 0.717) is 10.2 Å². The van der Waals surface area contributed by atoms with Crippen LogP contribution in [0.3, 0.4) is 0 Å². The molecule has 0 aliphatic carbocycles. The minimum absolute atomic E-state index is 0.346. The van der Waals surface area contributed by atoms with Crippen LogP contribution < -0.4 is 10.6 Å². The third-order valence-corrected chi connectivity index (χ3v) is 3.60. The molecule has 0 heterocycles. The van der Waals surface area contributed by atoms with Crippen molar-refractivity contribution in [3.63, 3.8) is 0 Å². The van der Waals surface area contributed by atoms with Gasteiger partial charge in [-0.25, -0.2) is 4.39 Å². The molecule has 0 aliphatic heterocycles. The molecule has 0 fully saturated rings. The van der Waals surface area contributed by atoms with Crippen LogP contribution >= 0.6 is 15.9 Å². The number of rotatable bonds is 3. The Morgan fingerprint density at radius 3 is 2.63 bits per heavy atom. The van der Waals surface area contributed by atoms with Crippen LogP contribution in [0.1, 0.15) is 12.5 Å². The van der Waals surface area contributed by atoms with E-state index in [0.717, 1.165) is 17.9 Å². The third-order valence-electron chi connectivity index (χ3n) is 2.99. The average molecular weight is 323 g/mol. The van der Waals surface area contributed by atoms with Gasteiger partial charge in [0.25, 0.3) is 0 Å². The molecule has 19 heavy (non-hydrogen) atoms. The molecule has 0 spiro atoms. The fraction of sp³-hybridized carbons (Fsp3) is 0.200. The predicted molar refractivity (Wildman–Crippen MR) is 82.4 cm³/mol. The van der Waals surface area contributed by atoms with E-state index in [9.17, 15) is 4.39 Å². The molecule has 0 aliphatic rings. The minimum Gasteiger partial charge on any atom is -0.397 e. The maximum atomic E-state index is 13.4. The van der Waals surface area contributed by atoms with Gasteiger partial charge >= 0.3 is 0 Å². The van der Waals surface area contributed by atoms with E-state index < -0.39 is 0 Å². The van der Waals surface area contributed by atoms with Crippen molar-refractivity contribution in [1.29, 1.82) is 0 Å². The zero-order valence-electron chi connectivity index (χ0n) is 11.0. The summed E-state index contributed by atoms with van der Waals surface area (Å²) in [7, 11) is 0. The highest BCUT2D eigenvalue weighted by Crippen LogP contribution is 2.34. The lowest BCUT2D eigenvalue weighted by molar-refractivity contribution is 0.622. The van der Waals surface area contributed by atoms with Crippen molar-refractivity contribution >= 4 is 33.0 Å². The number of aryl methyl sites for hydroxylation is 1. The van der Waals surface area contributed by atoms with E-state index in [1.165, 1.54) is 11.6 Å². The van der Waals surface area contributed by atoms with Crippen molar-refractivity contribution < 1.29 is 4.39 Å². The largest absolute Gasteiger partial charge is 0.397 e. The summed E-state index contributed by atoms with van der Waals surface area (Å²) in [4.78, 5) is 2.06. The second-order valence-corrected chi connectivity index (χ2v) is 5.26. The predicted octanol–water partition coefficient (Wildman–Crippen LogP) is 4.64. The standard InChI is InChI=1S/C15H16BrFN2/c1-3-19(11-6-4-5-10(2)7-11)15-8-12(16)13(17)9-14(15)18/h4-9H,3,18H2,1-2H3. The first-order valence-corrected chi connectivity index (χ1v) is 6.91. The molecule has 2 nitrogen and oxygen atoms in total. The monoisotopic (exact) mass is 322 g/mol. The Morgan fingerprint density at radius 2 is 2.00 bits per heavy atom. The topological polar surface area (TPSA) is 29.3 Å². The fourth-order valence-corrected chi connectivity index (χ4v) is 2.40. The van der Waals surface area contributed by atoms with Crippen molar-refractivity contribution in [1.82, 2.24) is 0 Å². The van der Waals surface area contributed by atoms with Gasteiger partial charge in [-0.3, -0.25) is 0 Å². The van der Waals surface area contributed by atoms with E-state index in [1.807, 2.05) is 32.0 Å². The highest BCUT2D eigenvalue weighted by molar-refractivity contribution is 9.10. The van der Waals surface area contributed by atoms with Crippen LogP contribution in [-0.2, 0) is 0 Å². The lowest BCUT2D eigenvalue weighted by Crippen LogP contribution is -2.17. The number of hydrogen-bond donors (Lipinski definition) is 1. The van der Waals surface area contributed by atoms with Gasteiger partial charge in [-0.1, -0.05) is 12.1 Å². The number of nitrogen functional groups attached to an aromatic ring is 1. The van der Waals surface area contributed by atoms with Gasteiger partial charge in [0, 0.05) is 18.3 Å². The van der Waals surface area contributed by atoms with Gasteiger partial charge in [-0.2, -0.15) is 0 Å². The van der Waals surface area contributed by atoms with Gasteiger partial charge < -0.3 is 10.6 Å². The Hall–Kier alpha value is -1.55. The Morgan fingerprint density at radius 1 is 1.26 bits per heavy atom. The van der Waals surface area contributed by atoms with Crippen molar-refractivity contribution in [2.75, 3.05) is 17.2 Å². The van der Waals surface area contributed by atoms with Crippen LogP contribution in [0.15, 0.2) is 40.9 Å². The number of hydrogen-bond acceptors (Lipinski definition) is 2. The summed E-state index contributed by atoms with van der Waals surface area (Å²) in [5.41, 5.74) is 9.41.